The number of hydrogen-bond acceptors (Lipinski definition) is 4. The minimum Gasteiger partial charge on any atom is -0.457 e. The molecule has 4 heteroatoms. The van der Waals surface area contributed by atoms with Gasteiger partial charge in [0.1, 0.15) is 6.10 Å². The molecule has 1 saturated heterocycles. The van der Waals surface area contributed by atoms with E-state index in [-0.39, 0.29) is 35.1 Å². The molecular weight excluding hydrogens is 292 g/mol. The molecule has 0 saturated carbocycles. The summed E-state index contributed by atoms with van der Waals surface area (Å²) in [5.41, 5.74) is -0.711. The molecule has 3 unspecified atom stereocenters. The third-order valence-electron chi connectivity index (χ3n) is 5.13. The van der Waals surface area contributed by atoms with Crippen molar-refractivity contribution < 1.29 is 19.0 Å². The van der Waals surface area contributed by atoms with Crippen molar-refractivity contribution in [2.24, 2.45) is 16.2 Å². The first-order valence-corrected chi connectivity index (χ1v) is 8.71. The molecule has 23 heavy (non-hydrogen) atoms. The number of carbonyl (C=O) groups is 1. The highest BCUT2D eigenvalue weighted by Gasteiger charge is 2.50. The summed E-state index contributed by atoms with van der Waals surface area (Å²) in [6.07, 6.45) is 1.12. The predicted octanol–water partition coefficient (Wildman–Crippen LogP) is 4.21. The molecule has 1 aliphatic heterocycles. The Kier molecular flexibility index (Phi) is 6.31. The molecule has 0 radical (unpaired) electrons. The standard InChI is InChI=1S/C19H36O4/c1-10-13-15(21-9)14(11-22-13)23-16(20)19(8,18(5,6)7)12-17(2,3)4/h13-15H,10-12H2,1-9H3/t13-,14?,15?,19?/m1/s1. The van der Waals surface area contributed by atoms with Gasteiger partial charge in [-0.25, -0.2) is 0 Å². The van der Waals surface area contributed by atoms with E-state index >= 15 is 0 Å². The second-order valence-electron chi connectivity index (χ2n) is 9.24. The van der Waals surface area contributed by atoms with E-state index in [0.717, 1.165) is 12.8 Å². The number of methoxy groups -OCH3 is 1. The van der Waals surface area contributed by atoms with Crippen LogP contribution in [0.4, 0.5) is 0 Å². The molecule has 4 atom stereocenters. The second-order valence-corrected chi connectivity index (χ2v) is 9.24. The van der Waals surface area contributed by atoms with Crippen LogP contribution >= 0.6 is 0 Å². The van der Waals surface area contributed by atoms with Crippen LogP contribution in [0.1, 0.15) is 68.2 Å². The Bertz CT molecular complexity index is 405. The lowest BCUT2D eigenvalue weighted by Crippen LogP contribution is -2.47. The fraction of sp³-hybridized carbons (Fsp3) is 0.947. The summed E-state index contributed by atoms with van der Waals surface area (Å²) in [7, 11) is 1.65. The van der Waals surface area contributed by atoms with Gasteiger partial charge in [0, 0.05) is 7.11 Å². The average molecular weight is 328 g/mol. The molecule has 1 heterocycles. The fourth-order valence-corrected chi connectivity index (χ4v) is 3.37. The van der Waals surface area contributed by atoms with Gasteiger partial charge in [-0.2, -0.15) is 0 Å². The molecule has 0 spiro atoms. The zero-order valence-corrected chi connectivity index (χ0v) is 16.5. The second kappa shape index (κ2) is 7.10. The van der Waals surface area contributed by atoms with Crippen molar-refractivity contribution in [2.75, 3.05) is 13.7 Å². The van der Waals surface area contributed by atoms with Crippen LogP contribution in [-0.4, -0.2) is 38.0 Å². The Hall–Kier alpha value is -0.610. The maximum Gasteiger partial charge on any atom is 0.312 e. The van der Waals surface area contributed by atoms with Crippen molar-refractivity contribution in [2.45, 2.75) is 86.5 Å². The molecule has 1 aliphatic rings. The first-order chi connectivity index (χ1) is 10.4. The Balaban J connectivity index is 2.95. The van der Waals surface area contributed by atoms with Crippen LogP contribution in [0.2, 0.25) is 0 Å². The molecule has 0 aliphatic carbocycles. The normalized spacial score (nSPS) is 28.5. The monoisotopic (exact) mass is 328 g/mol. The van der Waals surface area contributed by atoms with E-state index in [1.807, 2.05) is 6.92 Å². The highest BCUT2D eigenvalue weighted by Crippen LogP contribution is 2.47. The van der Waals surface area contributed by atoms with Crippen LogP contribution in [0.5, 0.6) is 0 Å². The smallest absolute Gasteiger partial charge is 0.312 e. The van der Waals surface area contributed by atoms with E-state index in [4.69, 9.17) is 14.2 Å². The molecule has 136 valence electrons. The van der Waals surface area contributed by atoms with Crippen LogP contribution in [-0.2, 0) is 19.0 Å². The Morgan fingerprint density at radius 2 is 1.70 bits per heavy atom. The van der Waals surface area contributed by atoms with Crippen LogP contribution in [0, 0.1) is 16.2 Å². The average Bonchev–Trinajstić information content (AvgIpc) is 2.77. The number of carbonyl (C=O) groups excluding carboxylic acids is 1. The van der Waals surface area contributed by atoms with Crippen LogP contribution in [0.25, 0.3) is 0 Å². The highest BCUT2D eigenvalue weighted by molar-refractivity contribution is 5.77. The maximum absolute atomic E-state index is 13.1. The van der Waals surface area contributed by atoms with E-state index in [0.29, 0.717) is 6.61 Å². The zero-order chi connectivity index (χ0) is 18.1. The summed E-state index contributed by atoms with van der Waals surface area (Å²) >= 11 is 0. The molecule has 1 rings (SSSR count). The fourth-order valence-electron chi connectivity index (χ4n) is 3.37. The Labute approximate surface area is 142 Å². The van der Waals surface area contributed by atoms with Gasteiger partial charge in [0.15, 0.2) is 6.10 Å². The van der Waals surface area contributed by atoms with Gasteiger partial charge in [-0.15, -0.1) is 0 Å². The van der Waals surface area contributed by atoms with Gasteiger partial charge in [-0.1, -0.05) is 48.5 Å². The summed E-state index contributed by atoms with van der Waals surface area (Å²) in [4.78, 5) is 13.1. The van der Waals surface area contributed by atoms with Gasteiger partial charge < -0.3 is 14.2 Å². The minimum absolute atomic E-state index is 0.00121. The van der Waals surface area contributed by atoms with Crippen molar-refractivity contribution in [1.29, 1.82) is 0 Å². The molecule has 0 aromatic carbocycles. The van der Waals surface area contributed by atoms with Gasteiger partial charge in [-0.05, 0) is 30.6 Å². The summed E-state index contributed by atoms with van der Waals surface area (Å²) in [6.45, 7) is 17.3. The number of esters is 1. The molecule has 0 amide bonds. The summed E-state index contributed by atoms with van der Waals surface area (Å²) in [6, 6.07) is 0. The van der Waals surface area contributed by atoms with Crippen LogP contribution in [0.3, 0.4) is 0 Å². The largest absolute Gasteiger partial charge is 0.457 e. The van der Waals surface area contributed by atoms with Gasteiger partial charge in [0.05, 0.1) is 18.1 Å². The Morgan fingerprint density at radius 3 is 2.09 bits per heavy atom. The third kappa shape index (κ3) is 4.69. The van der Waals surface area contributed by atoms with Crippen molar-refractivity contribution in [3.05, 3.63) is 0 Å². The van der Waals surface area contributed by atoms with E-state index in [1.54, 1.807) is 7.11 Å². The lowest BCUT2D eigenvalue weighted by atomic mass is 9.61. The molecule has 1 fully saturated rings. The number of ether oxygens (including phenoxy) is 3. The van der Waals surface area contributed by atoms with E-state index < -0.39 is 5.41 Å². The van der Waals surface area contributed by atoms with E-state index in [9.17, 15) is 4.79 Å². The zero-order valence-electron chi connectivity index (χ0n) is 16.5. The molecule has 0 N–H and O–H groups in total. The topological polar surface area (TPSA) is 44.8 Å². The lowest BCUT2D eigenvalue weighted by molar-refractivity contribution is -0.175. The third-order valence-corrected chi connectivity index (χ3v) is 5.13. The predicted molar refractivity (Wildman–Crippen MR) is 92.3 cm³/mol. The molecule has 0 aromatic heterocycles. The van der Waals surface area contributed by atoms with Crippen LogP contribution < -0.4 is 0 Å². The van der Waals surface area contributed by atoms with Crippen molar-refractivity contribution in [3.63, 3.8) is 0 Å². The summed E-state index contributed by atoms with van der Waals surface area (Å²) < 4.78 is 17.1. The van der Waals surface area contributed by atoms with Gasteiger partial charge in [0.25, 0.3) is 0 Å². The highest BCUT2D eigenvalue weighted by atomic mass is 16.6. The first kappa shape index (κ1) is 20.4. The molecule has 0 bridgehead atoms. The summed E-state index contributed by atoms with van der Waals surface area (Å²) in [5, 5.41) is 0. The SMILES string of the molecule is CC[C@H]1OCC(OC(=O)C(C)(CC(C)(C)C)C(C)(C)C)C1OC. The van der Waals surface area contributed by atoms with Crippen molar-refractivity contribution >= 4 is 5.97 Å². The summed E-state index contributed by atoms with van der Waals surface area (Å²) in [5.74, 6) is -0.146. The van der Waals surface area contributed by atoms with Crippen molar-refractivity contribution in [1.82, 2.24) is 0 Å². The van der Waals surface area contributed by atoms with Gasteiger partial charge >= 0.3 is 5.97 Å². The van der Waals surface area contributed by atoms with Crippen molar-refractivity contribution in [3.8, 4) is 0 Å². The number of hydrogen-bond donors (Lipinski definition) is 0. The van der Waals surface area contributed by atoms with Crippen LogP contribution in [0.15, 0.2) is 0 Å². The van der Waals surface area contributed by atoms with Gasteiger partial charge in [0.2, 0.25) is 0 Å². The molecule has 4 nitrogen and oxygen atoms in total. The van der Waals surface area contributed by atoms with Gasteiger partial charge in [-0.3, -0.25) is 4.79 Å². The molecular formula is C19H36O4. The van der Waals surface area contributed by atoms with E-state index in [2.05, 4.69) is 48.5 Å². The molecule has 0 aromatic rings. The minimum atomic E-state index is -0.562. The van der Waals surface area contributed by atoms with E-state index in [1.165, 1.54) is 0 Å². The lowest BCUT2D eigenvalue weighted by Gasteiger charge is -2.44. The Morgan fingerprint density at radius 1 is 1.13 bits per heavy atom. The number of rotatable bonds is 5. The maximum atomic E-state index is 13.1. The quantitative estimate of drug-likeness (QED) is 0.709. The first-order valence-electron chi connectivity index (χ1n) is 8.71.